The smallest absolute Gasteiger partial charge is 0.389 e. The van der Waals surface area contributed by atoms with E-state index in [0.29, 0.717) is 29.8 Å². The second-order valence-corrected chi connectivity index (χ2v) is 12.9. The van der Waals surface area contributed by atoms with Crippen molar-refractivity contribution in [2.75, 3.05) is 29.9 Å². The predicted octanol–water partition coefficient (Wildman–Crippen LogP) is 4.64. The van der Waals surface area contributed by atoms with Gasteiger partial charge in [0.2, 0.25) is 16.0 Å². The van der Waals surface area contributed by atoms with Crippen LogP contribution in [0.2, 0.25) is 0 Å². The molecule has 3 N–H and O–H groups in total. The molecule has 43 heavy (non-hydrogen) atoms. The van der Waals surface area contributed by atoms with Crippen molar-refractivity contribution in [1.29, 1.82) is 0 Å². The molecule has 0 saturated heterocycles. The van der Waals surface area contributed by atoms with Gasteiger partial charge in [0.1, 0.15) is 11.5 Å². The zero-order valence-corrected chi connectivity index (χ0v) is 24.9. The molecule has 10 nitrogen and oxygen atoms in total. The second-order valence-electron chi connectivity index (χ2n) is 11.1. The lowest BCUT2D eigenvalue weighted by molar-refractivity contribution is -0.129. The van der Waals surface area contributed by atoms with Gasteiger partial charge in [-0.2, -0.15) is 18.2 Å². The Morgan fingerprint density at radius 1 is 1.23 bits per heavy atom. The first kappa shape index (κ1) is 32.2. The number of sulfonamides is 1. The van der Waals surface area contributed by atoms with Crippen LogP contribution in [-0.4, -0.2) is 71.1 Å². The molecule has 2 aromatic heterocycles. The van der Waals surface area contributed by atoms with Crippen LogP contribution in [0, 0.1) is 5.82 Å². The summed E-state index contributed by atoms with van der Waals surface area (Å²) < 4.78 is 79.6. The Bertz CT molecular complexity index is 1690. The molecule has 2 heterocycles. The van der Waals surface area contributed by atoms with Crippen LogP contribution >= 0.6 is 0 Å². The minimum Gasteiger partial charge on any atom is -0.389 e. The fourth-order valence-corrected chi connectivity index (χ4v) is 6.05. The number of fused-ring (bicyclic) bond motifs is 1. The van der Waals surface area contributed by atoms with Gasteiger partial charge in [-0.25, -0.2) is 17.8 Å². The molecule has 1 aliphatic rings. The van der Waals surface area contributed by atoms with E-state index in [2.05, 4.69) is 15.3 Å². The summed E-state index contributed by atoms with van der Waals surface area (Å²) >= 11 is 0. The molecule has 4 rings (SSSR count). The van der Waals surface area contributed by atoms with Gasteiger partial charge in [-0.05, 0) is 62.4 Å². The van der Waals surface area contributed by atoms with Gasteiger partial charge in [-0.1, -0.05) is 6.07 Å². The highest BCUT2D eigenvalue weighted by Gasteiger charge is 2.30. The van der Waals surface area contributed by atoms with Crippen LogP contribution < -0.4 is 15.6 Å². The third-order valence-corrected chi connectivity index (χ3v) is 8.24. The lowest BCUT2D eigenvalue weighted by Crippen LogP contribution is -2.33. The van der Waals surface area contributed by atoms with Crippen LogP contribution in [0.5, 0.6) is 0 Å². The first-order chi connectivity index (χ1) is 20.0. The molecular weight excluding hydrogens is 592 g/mol. The van der Waals surface area contributed by atoms with Gasteiger partial charge in [0, 0.05) is 49.5 Å². The molecule has 2 atom stereocenters. The van der Waals surface area contributed by atoms with E-state index < -0.39 is 51.5 Å². The van der Waals surface area contributed by atoms with Crippen LogP contribution in [0.25, 0.3) is 22.2 Å². The summed E-state index contributed by atoms with van der Waals surface area (Å²) in [7, 11) is -0.671. The molecule has 3 aromatic rings. The standard InChI is InChI=1S/C28H34F4N6O4S/c1-16(2)38-25-19(14-33-27(35-25)34-20-7-5-18(15-37(3)4)24(39)13-20)11-21(26(38)40)17-6-8-23(22(29)12-17)36-43(41,42)10-9-28(30,31)32/h6,8,11-12,14-16,20,24,36,39H,5,7,9-10,13H2,1-4H3,(H,33,34,35)/b18-15-/t20-,24-/m0/s1. The molecule has 0 unspecified atom stereocenters. The topological polar surface area (TPSA) is 129 Å². The third-order valence-electron chi connectivity index (χ3n) is 6.96. The Balaban J connectivity index is 1.61. The second kappa shape index (κ2) is 12.5. The van der Waals surface area contributed by atoms with E-state index in [0.717, 1.165) is 24.1 Å². The van der Waals surface area contributed by atoms with Crippen LogP contribution in [0.4, 0.5) is 29.2 Å². The summed E-state index contributed by atoms with van der Waals surface area (Å²) in [5.74, 6) is -2.02. The number of alkyl halides is 3. The molecular formula is C28H34F4N6O4S. The fraction of sp³-hybridized carbons (Fsp3) is 0.464. The quantitative estimate of drug-likeness (QED) is 0.293. The van der Waals surface area contributed by atoms with Gasteiger partial charge in [0.15, 0.2) is 0 Å². The Labute approximate surface area is 246 Å². The van der Waals surface area contributed by atoms with Crippen LogP contribution in [0.3, 0.4) is 0 Å². The van der Waals surface area contributed by atoms with Crippen molar-refractivity contribution >= 4 is 32.7 Å². The number of benzene rings is 1. The van der Waals surface area contributed by atoms with Crippen LogP contribution in [-0.2, 0) is 10.0 Å². The monoisotopic (exact) mass is 626 g/mol. The SMILES string of the molecule is CC(C)n1c(=O)c(-c2ccc(NS(=O)(=O)CCC(F)(F)F)c(F)c2)cc2cnc(N[C@H]3CC/C(=C/N(C)C)[C@@H](O)C3)nc21. The van der Waals surface area contributed by atoms with E-state index in [-0.39, 0.29) is 23.2 Å². The van der Waals surface area contributed by atoms with E-state index in [1.807, 2.05) is 29.9 Å². The molecule has 0 aliphatic heterocycles. The summed E-state index contributed by atoms with van der Waals surface area (Å²) in [5, 5.41) is 14.3. The maximum Gasteiger partial charge on any atom is 0.390 e. The molecule has 1 aromatic carbocycles. The highest BCUT2D eigenvalue weighted by Crippen LogP contribution is 2.29. The van der Waals surface area contributed by atoms with Gasteiger partial charge < -0.3 is 15.3 Å². The van der Waals surface area contributed by atoms with Crippen molar-refractivity contribution in [2.45, 2.75) is 63.9 Å². The van der Waals surface area contributed by atoms with Gasteiger partial charge >= 0.3 is 6.18 Å². The van der Waals surface area contributed by atoms with E-state index in [1.54, 1.807) is 13.8 Å². The number of hydrogen-bond donors (Lipinski definition) is 3. The third kappa shape index (κ3) is 8.02. The summed E-state index contributed by atoms with van der Waals surface area (Å²) in [5.41, 5.74) is 0.527. The van der Waals surface area contributed by atoms with Gasteiger partial charge in [-0.3, -0.25) is 14.1 Å². The predicted molar refractivity (Wildman–Crippen MR) is 157 cm³/mol. The lowest BCUT2D eigenvalue weighted by atomic mass is 9.89. The molecule has 0 radical (unpaired) electrons. The number of halogens is 4. The number of nitrogens with one attached hydrogen (secondary N) is 2. The Morgan fingerprint density at radius 2 is 1.95 bits per heavy atom. The number of aliphatic hydroxyl groups is 1. The molecule has 0 spiro atoms. The normalized spacial score (nSPS) is 18.8. The number of pyridine rings is 1. The van der Waals surface area contributed by atoms with Crippen LogP contribution in [0.15, 0.2) is 47.0 Å². The number of nitrogens with zero attached hydrogens (tertiary/aromatic N) is 4. The summed E-state index contributed by atoms with van der Waals surface area (Å²) in [4.78, 5) is 24.5. The van der Waals surface area contributed by atoms with E-state index in [9.17, 15) is 35.9 Å². The van der Waals surface area contributed by atoms with E-state index in [1.165, 1.54) is 22.9 Å². The number of hydrogen-bond acceptors (Lipinski definition) is 8. The van der Waals surface area contributed by atoms with Crippen molar-refractivity contribution < 1.29 is 31.1 Å². The van der Waals surface area contributed by atoms with Gasteiger partial charge in [0.25, 0.3) is 5.56 Å². The number of aromatic nitrogens is 3. The minimum absolute atomic E-state index is 0.0855. The summed E-state index contributed by atoms with van der Waals surface area (Å²) in [6.45, 7) is 3.57. The Kier molecular flexibility index (Phi) is 9.35. The molecule has 1 fully saturated rings. The average Bonchev–Trinajstić information content (AvgIpc) is 2.89. The molecule has 1 saturated carbocycles. The molecule has 15 heteroatoms. The van der Waals surface area contributed by atoms with E-state index >= 15 is 0 Å². The Morgan fingerprint density at radius 3 is 2.56 bits per heavy atom. The van der Waals surface area contributed by atoms with E-state index in [4.69, 9.17) is 0 Å². The maximum atomic E-state index is 14.9. The number of anilines is 2. The zero-order valence-electron chi connectivity index (χ0n) is 24.1. The number of rotatable bonds is 9. The van der Waals surface area contributed by atoms with Crippen molar-refractivity contribution in [2.24, 2.45) is 0 Å². The first-order valence-electron chi connectivity index (χ1n) is 13.6. The first-order valence-corrected chi connectivity index (χ1v) is 15.3. The van der Waals surface area contributed by atoms with Gasteiger partial charge in [-0.15, -0.1) is 0 Å². The fourth-order valence-electron chi connectivity index (χ4n) is 4.95. The lowest BCUT2D eigenvalue weighted by Gasteiger charge is -2.30. The summed E-state index contributed by atoms with van der Waals surface area (Å²) in [6.07, 6.45) is -1.49. The highest BCUT2D eigenvalue weighted by molar-refractivity contribution is 7.92. The van der Waals surface area contributed by atoms with Crippen molar-refractivity contribution in [1.82, 2.24) is 19.4 Å². The largest absolute Gasteiger partial charge is 0.390 e. The molecule has 0 amide bonds. The zero-order chi connectivity index (χ0) is 31.7. The van der Waals surface area contributed by atoms with Gasteiger partial charge in [0.05, 0.1) is 24.0 Å². The molecule has 234 valence electrons. The van der Waals surface area contributed by atoms with Crippen molar-refractivity contribution in [3.05, 3.63) is 58.4 Å². The summed E-state index contributed by atoms with van der Waals surface area (Å²) in [6, 6.07) is 4.38. The maximum absolute atomic E-state index is 14.9. The highest BCUT2D eigenvalue weighted by atomic mass is 32.2. The van der Waals surface area contributed by atoms with Crippen molar-refractivity contribution in [3.8, 4) is 11.1 Å². The van der Waals surface area contributed by atoms with Crippen molar-refractivity contribution in [3.63, 3.8) is 0 Å². The average molecular weight is 627 g/mol. The minimum atomic E-state index is -4.68. The molecule has 1 aliphatic carbocycles. The number of aliphatic hydroxyl groups excluding tert-OH is 1. The Hall–Kier alpha value is -3.72. The van der Waals surface area contributed by atoms with Crippen LogP contribution in [0.1, 0.15) is 45.6 Å². The molecule has 0 bridgehead atoms.